The zero-order valence-electron chi connectivity index (χ0n) is 15.2. The Balaban J connectivity index is 2.13. The molecule has 2 rings (SSSR count). The molecule has 0 radical (unpaired) electrons. The number of thioether (sulfide) groups is 1. The molecule has 7 nitrogen and oxygen atoms in total. The number of hydrogen-bond acceptors (Lipinski definition) is 5. The van der Waals surface area contributed by atoms with Crippen molar-refractivity contribution in [1.29, 1.82) is 0 Å². The molecular formula is C19H21NO6S2. The fourth-order valence-electron chi connectivity index (χ4n) is 2.56. The first-order valence-corrected chi connectivity index (χ1v) is 11.1. The topological polar surface area (TPSA) is 121 Å². The molecule has 0 saturated carbocycles. The highest BCUT2D eigenvalue weighted by atomic mass is 32.2. The molecule has 2 aromatic carbocycles. The summed E-state index contributed by atoms with van der Waals surface area (Å²) in [5.41, 5.74) is 1.77. The molecule has 2 aromatic rings. The van der Waals surface area contributed by atoms with Crippen LogP contribution in [0.3, 0.4) is 0 Å². The number of carboxylic acid groups (broad SMARTS) is 2. The Morgan fingerprint density at radius 1 is 1.00 bits per heavy atom. The molecule has 0 fully saturated rings. The van der Waals surface area contributed by atoms with Gasteiger partial charge in [0.1, 0.15) is 6.04 Å². The molecule has 0 aliphatic carbocycles. The van der Waals surface area contributed by atoms with E-state index in [1.807, 2.05) is 30.5 Å². The largest absolute Gasteiger partial charge is 0.481 e. The van der Waals surface area contributed by atoms with Crippen LogP contribution in [0.25, 0.3) is 11.1 Å². The Hall–Kier alpha value is -2.36. The molecule has 1 atom stereocenters. The minimum Gasteiger partial charge on any atom is -0.481 e. The Labute approximate surface area is 167 Å². The van der Waals surface area contributed by atoms with Gasteiger partial charge in [-0.05, 0) is 54.5 Å². The van der Waals surface area contributed by atoms with Crippen molar-refractivity contribution in [2.75, 3.05) is 6.26 Å². The van der Waals surface area contributed by atoms with Crippen LogP contribution in [-0.4, -0.2) is 42.9 Å². The first kappa shape index (κ1) is 21.9. The molecule has 9 heteroatoms. The highest BCUT2D eigenvalue weighted by Crippen LogP contribution is 2.24. The molecular weight excluding hydrogens is 402 g/mol. The van der Waals surface area contributed by atoms with E-state index in [2.05, 4.69) is 4.72 Å². The summed E-state index contributed by atoms with van der Waals surface area (Å²) < 4.78 is 27.1. The smallest absolute Gasteiger partial charge is 0.321 e. The second-order valence-electron chi connectivity index (χ2n) is 6.05. The maximum atomic E-state index is 12.5. The van der Waals surface area contributed by atoms with E-state index in [0.29, 0.717) is 0 Å². The summed E-state index contributed by atoms with van der Waals surface area (Å²) in [6, 6.07) is 12.6. The van der Waals surface area contributed by atoms with Gasteiger partial charge in [-0.1, -0.05) is 24.3 Å². The molecule has 0 saturated heterocycles. The SMILES string of the molecule is CSc1ccc(-c2ccc(S(=O)(=O)N[C@@H](CCCC(=O)O)C(=O)O)cc2)cc1. The maximum absolute atomic E-state index is 12.5. The van der Waals surface area contributed by atoms with Crippen LogP contribution in [0, 0.1) is 0 Å². The van der Waals surface area contributed by atoms with Gasteiger partial charge in [-0.15, -0.1) is 11.8 Å². The number of nitrogens with one attached hydrogen (secondary N) is 1. The number of carbonyl (C=O) groups is 2. The second kappa shape index (κ2) is 9.72. The van der Waals surface area contributed by atoms with Crippen molar-refractivity contribution in [1.82, 2.24) is 4.72 Å². The minimum absolute atomic E-state index is 0.0542. The molecule has 28 heavy (non-hydrogen) atoms. The molecule has 150 valence electrons. The first-order valence-electron chi connectivity index (χ1n) is 8.44. The summed E-state index contributed by atoms with van der Waals surface area (Å²) in [7, 11) is -4.05. The predicted octanol–water partition coefficient (Wildman–Crippen LogP) is 3.06. The second-order valence-corrected chi connectivity index (χ2v) is 8.64. The van der Waals surface area contributed by atoms with Crippen LogP contribution in [0.15, 0.2) is 58.3 Å². The minimum atomic E-state index is -4.05. The zero-order chi connectivity index (χ0) is 20.7. The number of hydrogen-bond donors (Lipinski definition) is 3. The van der Waals surface area contributed by atoms with Crippen LogP contribution in [0.2, 0.25) is 0 Å². The fraction of sp³-hybridized carbons (Fsp3) is 0.263. The van der Waals surface area contributed by atoms with Gasteiger partial charge in [0.15, 0.2) is 0 Å². The molecule has 0 bridgehead atoms. The molecule has 3 N–H and O–H groups in total. The summed E-state index contributed by atoms with van der Waals surface area (Å²) in [5.74, 6) is -2.41. The van der Waals surface area contributed by atoms with Gasteiger partial charge in [0.25, 0.3) is 0 Å². The van der Waals surface area contributed by atoms with Gasteiger partial charge < -0.3 is 10.2 Å². The van der Waals surface area contributed by atoms with E-state index in [1.165, 1.54) is 12.1 Å². The molecule has 0 spiro atoms. The molecule has 0 unspecified atom stereocenters. The van der Waals surface area contributed by atoms with Gasteiger partial charge in [-0.3, -0.25) is 9.59 Å². The first-order chi connectivity index (χ1) is 13.2. The van der Waals surface area contributed by atoms with E-state index in [4.69, 9.17) is 5.11 Å². The maximum Gasteiger partial charge on any atom is 0.321 e. The Morgan fingerprint density at radius 3 is 2.00 bits per heavy atom. The molecule has 0 amide bonds. The van der Waals surface area contributed by atoms with E-state index < -0.39 is 28.0 Å². The predicted molar refractivity (Wildman–Crippen MR) is 107 cm³/mol. The third kappa shape index (κ3) is 6.08. The van der Waals surface area contributed by atoms with Crippen LogP contribution < -0.4 is 4.72 Å². The molecule has 0 heterocycles. The standard InChI is InChI=1S/C19H21NO6S2/c1-27-15-9-5-13(6-10-15)14-7-11-16(12-8-14)28(25,26)20-17(19(23)24)3-2-4-18(21)22/h5-12,17,20H,2-4H2,1H3,(H,21,22)(H,23,24)/t17-/m0/s1. The van der Waals surface area contributed by atoms with Crippen molar-refractivity contribution in [2.24, 2.45) is 0 Å². The van der Waals surface area contributed by atoms with Crippen molar-refractivity contribution >= 4 is 33.7 Å². The zero-order valence-corrected chi connectivity index (χ0v) is 16.8. The number of benzene rings is 2. The van der Waals surface area contributed by atoms with E-state index in [-0.39, 0.29) is 24.2 Å². The van der Waals surface area contributed by atoms with E-state index in [1.54, 1.807) is 23.9 Å². The Kier molecular flexibility index (Phi) is 7.61. The lowest BCUT2D eigenvalue weighted by Crippen LogP contribution is -2.40. The Bertz CT molecular complexity index is 924. The summed E-state index contributed by atoms with van der Waals surface area (Å²) in [6.07, 6.45) is 1.70. The van der Waals surface area contributed by atoms with Gasteiger partial charge in [0.2, 0.25) is 10.0 Å². The molecule has 0 aromatic heterocycles. The van der Waals surface area contributed by atoms with Crippen molar-refractivity contribution in [3.05, 3.63) is 48.5 Å². The molecule has 0 aliphatic rings. The number of rotatable bonds is 10. The van der Waals surface area contributed by atoms with Gasteiger partial charge in [-0.25, -0.2) is 8.42 Å². The van der Waals surface area contributed by atoms with E-state index in [9.17, 15) is 23.1 Å². The summed E-state index contributed by atoms with van der Waals surface area (Å²) in [4.78, 5) is 22.9. The van der Waals surface area contributed by atoms with Crippen molar-refractivity contribution in [3.8, 4) is 11.1 Å². The highest BCUT2D eigenvalue weighted by molar-refractivity contribution is 7.98. The number of aliphatic carboxylic acids is 2. The van der Waals surface area contributed by atoms with Crippen LogP contribution in [-0.2, 0) is 19.6 Å². The average Bonchev–Trinajstić information content (AvgIpc) is 2.67. The van der Waals surface area contributed by atoms with Gasteiger partial charge in [-0.2, -0.15) is 4.72 Å². The highest BCUT2D eigenvalue weighted by Gasteiger charge is 2.25. The van der Waals surface area contributed by atoms with Crippen molar-refractivity contribution in [2.45, 2.75) is 35.1 Å². The lowest BCUT2D eigenvalue weighted by molar-refractivity contribution is -0.140. The number of sulfonamides is 1. The van der Waals surface area contributed by atoms with Crippen LogP contribution in [0.1, 0.15) is 19.3 Å². The summed E-state index contributed by atoms with van der Waals surface area (Å²) in [6.45, 7) is 0. The van der Waals surface area contributed by atoms with Crippen molar-refractivity contribution < 1.29 is 28.2 Å². The van der Waals surface area contributed by atoms with Gasteiger partial charge >= 0.3 is 11.9 Å². The van der Waals surface area contributed by atoms with Crippen molar-refractivity contribution in [3.63, 3.8) is 0 Å². The number of carboxylic acids is 2. The summed E-state index contributed by atoms with van der Waals surface area (Å²) in [5, 5.41) is 17.8. The van der Waals surface area contributed by atoms with Crippen LogP contribution in [0.4, 0.5) is 0 Å². The van der Waals surface area contributed by atoms with Crippen LogP contribution in [0.5, 0.6) is 0 Å². The normalized spacial score (nSPS) is 12.5. The van der Waals surface area contributed by atoms with Crippen LogP contribution >= 0.6 is 11.8 Å². The third-order valence-electron chi connectivity index (χ3n) is 4.07. The summed E-state index contributed by atoms with van der Waals surface area (Å²) >= 11 is 1.63. The van der Waals surface area contributed by atoms with E-state index in [0.717, 1.165) is 16.0 Å². The average molecular weight is 424 g/mol. The monoisotopic (exact) mass is 423 g/mol. The lowest BCUT2D eigenvalue weighted by Gasteiger charge is -2.14. The van der Waals surface area contributed by atoms with E-state index >= 15 is 0 Å². The van der Waals surface area contributed by atoms with Gasteiger partial charge in [0.05, 0.1) is 4.90 Å². The molecule has 0 aliphatic heterocycles. The third-order valence-corrected chi connectivity index (χ3v) is 6.30. The van der Waals surface area contributed by atoms with Gasteiger partial charge in [0, 0.05) is 11.3 Å². The quantitative estimate of drug-likeness (QED) is 0.502. The Morgan fingerprint density at radius 2 is 1.54 bits per heavy atom. The fourth-order valence-corrected chi connectivity index (χ4v) is 4.19. The lowest BCUT2D eigenvalue weighted by atomic mass is 10.1.